The van der Waals surface area contributed by atoms with E-state index >= 15 is 0 Å². The lowest BCUT2D eigenvalue weighted by Crippen LogP contribution is -2.57. The molecule has 4 rings (SSSR count). The van der Waals surface area contributed by atoms with Gasteiger partial charge in [0.05, 0.1) is 29.0 Å². The molecule has 1 aromatic heterocycles. The summed E-state index contributed by atoms with van der Waals surface area (Å²) in [6.07, 6.45) is 3.08. The van der Waals surface area contributed by atoms with Gasteiger partial charge in [-0.15, -0.1) is 11.3 Å². The Bertz CT molecular complexity index is 832. The van der Waals surface area contributed by atoms with Crippen LogP contribution < -0.4 is 5.32 Å². The van der Waals surface area contributed by atoms with Crippen LogP contribution in [-0.4, -0.2) is 60.8 Å². The standard InChI is InChI=1S/C21H27N3O3S/c1-15-22-18(14-28-15)16-5-3-6-17(11-16)23-20(25)13-24-9-8-21(7-4-10-27-21)19(12-24)26-2/h3,5-6,11,14,19H,4,7-10,12-13H2,1-2H3,(H,23,25)/t19-,21+/m1/s1. The number of rotatable bonds is 5. The first-order valence-corrected chi connectivity index (χ1v) is 10.7. The number of nitrogens with one attached hydrogen (secondary N) is 1. The molecule has 28 heavy (non-hydrogen) atoms. The summed E-state index contributed by atoms with van der Waals surface area (Å²) in [6.45, 7) is 4.74. The molecule has 2 aliphatic rings. The summed E-state index contributed by atoms with van der Waals surface area (Å²) in [5.41, 5.74) is 2.60. The second-order valence-corrected chi connectivity index (χ2v) is 8.67. The lowest BCUT2D eigenvalue weighted by molar-refractivity contribution is -0.145. The summed E-state index contributed by atoms with van der Waals surface area (Å²) < 4.78 is 11.8. The molecule has 0 radical (unpaired) electrons. The van der Waals surface area contributed by atoms with Crippen LogP contribution in [-0.2, 0) is 14.3 Å². The van der Waals surface area contributed by atoms with Crippen molar-refractivity contribution in [2.75, 3.05) is 38.7 Å². The molecule has 2 aromatic rings. The van der Waals surface area contributed by atoms with E-state index in [1.165, 1.54) is 0 Å². The molecule has 1 amide bonds. The van der Waals surface area contributed by atoms with E-state index in [9.17, 15) is 4.79 Å². The Hall–Kier alpha value is -1.80. The highest BCUT2D eigenvalue weighted by atomic mass is 32.1. The van der Waals surface area contributed by atoms with Crippen molar-refractivity contribution in [3.05, 3.63) is 34.7 Å². The first-order valence-electron chi connectivity index (χ1n) is 9.79. The average molecular weight is 402 g/mol. The molecule has 0 bridgehead atoms. The first-order chi connectivity index (χ1) is 13.6. The monoisotopic (exact) mass is 401 g/mol. The van der Waals surface area contributed by atoms with Gasteiger partial charge in [-0.2, -0.15) is 0 Å². The van der Waals surface area contributed by atoms with Crippen LogP contribution in [0.15, 0.2) is 29.6 Å². The number of piperidine rings is 1. The van der Waals surface area contributed by atoms with Crippen LogP contribution in [0.4, 0.5) is 5.69 Å². The fourth-order valence-corrected chi connectivity index (χ4v) is 4.88. The van der Waals surface area contributed by atoms with E-state index < -0.39 is 0 Å². The summed E-state index contributed by atoms with van der Waals surface area (Å²) in [7, 11) is 1.74. The van der Waals surface area contributed by atoms with Gasteiger partial charge in [-0.1, -0.05) is 12.1 Å². The van der Waals surface area contributed by atoms with Crippen molar-refractivity contribution in [2.24, 2.45) is 0 Å². The second-order valence-electron chi connectivity index (χ2n) is 7.61. The number of hydrogen-bond donors (Lipinski definition) is 1. The van der Waals surface area contributed by atoms with Gasteiger partial charge in [0.2, 0.25) is 5.91 Å². The molecular formula is C21H27N3O3S. The van der Waals surface area contributed by atoms with E-state index in [0.29, 0.717) is 6.54 Å². The van der Waals surface area contributed by atoms with E-state index in [4.69, 9.17) is 9.47 Å². The third-order valence-corrected chi connectivity index (χ3v) is 6.48. The molecule has 6 nitrogen and oxygen atoms in total. The number of hydrogen-bond acceptors (Lipinski definition) is 6. The molecule has 150 valence electrons. The van der Waals surface area contributed by atoms with E-state index in [0.717, 1.165) is 60.9 Å². The van der Waals surface area contributed by atoms with Crippen LogP contribution in [0.1, 0.15) is 24.3 Å². The maximum Gasteiger partial charge on any atom is 0.238 e. The predicted octanol–water partition coefficient (Wildman–Crippen LogP) is 3.33. The highest BCUT2D eigenvalue weighted by molar-refractivity contribution is 7.09. The zero-order valence-corrected chi connectivity index (χ0v) is 17.3. The van der Waals surface area contributed by atoms with Crippen LogP contribution in [0.5, 0.6) is 0 Å². The van der Waals surface area contributed by atoms with E-state index in [1.807, 2.05) is 36.6 Å². The van der Waals surface area contributed by atoms with Gasteiger partial charge in [0.15, 0.2) is 0 Å². The number of aryl methyl sites for hydroxylation is 1. The molecule has 1 N–H and O–H groups in total. The topological polar surface area (TPSA) is 63.7 Å². The molecule has 2 saturated heterocycles. The van der Waals surface area contributed by atoms with E-state index in [2.05, 4.69) is 15.2 Å². The molecular weight excluding hydrogens is 374 g/mol. The van der Waals surface area contributed by atoms with Gasteiger partial charge in [0.25, 0.3) is 0 Å². The Morgan fingerprint density at radius 2 is 2.36 bits per heavy atom. The number of amides is 1. The number of nitrogens with zero attached hydrogens (tertiary/aromatic N) is 2. The molecule has 2 atom stereocenters. The Morgan fingerprint density at radius 1 is 1.46 bits per heavy atom. The van der Waals surface area contributed by atoms with Crippen molar-refractivity contribution in [3.63, 3.8) is 0 Å². The number of thiazole rings is 1. The molecule has 0 aliphatic carbocycles. The minimum absolute atomic E-state index is 0.00949. The predicted molar refractivity (Wildman–Crippen MR) is 111 cm³/mol. The largest absolute Gasteiger partial charge is 0.377 e. The SMILES string of the molecule is CO[C@@H]1CN(CC(=O)Nc2cccc(-c3csc(C)n3)c2)CC[C@@]12CCCO2. The van der Waals surface area contributed by atoms with Crippen molar-refractivity contribution in [1.82, 2.24) is 9.88 Å². The minimum Gasteiger partial charge on any atom is -0.377 e. The Labute approximate surface area is 169 Å². The number of anilines is 1. The summed E-state index contributed by atoms with van der Waals surface area (Å²) in [4.78, 5) is 19.3. The van der Waals surface area contributed by atoms with Crippen LogP contribution >= 0.6 is 11.3 Å². The Kier molecular flexibility index (Phi) is 5.78. The maximum absolute atomic E-state index is 12.6. The van der Waals surface area contributed by atoms with Gasteiger partial charge in [-0.3, -0.25) is 9.69 Å². The normalized spacial score (nSPS) is 25.3. The molecule has 3 heterocycles. The number of carbonyl (C=O) groups excluding carboxylic acids is 1. The van der Waals surface area contributed by atoms with Gasteiger partial charge in [-0.25, -0.2) is 4.98 Å². The number of ether oxygens (including phenoxy) is 2. The summed E-state index contributed by atoms with van der Waals surface area (Å²) in [5, 5.41) is 6.09. The van der Waals surface area contributed by atoms with E-state index in [1.54, 1.807) is 18.4 Å². The van der Waals surface area contributed by atoms with Gasteiger partial charge >= 0.3 is 0 Å². The highest BCUT2D eigenvalue weighted by Gasteiger charge is 2.46. The smallest absolute Gasteiger partial charge is 0.238 e. The van der Waals surface area contributed by atoms with Crippen molar-refractivity contribution in [3.8, 4) is 11.3 Å². The van der Waals surface area contributed by atoms with Crippen molar-refractivity contribution in [2.45, 2.75) is 37.9 Å². The molecule has 7 heteroatoms. The van der Waals surface area contributed by atoms with Crippen LogP contribution in [0.25, 0.3) is 11.3 Å². The quantitative estimate of drug-likeness (QED) is 0.833. The highest BCUT2D eigenvalue weighted by Crippen LogP contribution is 2.37. The molecule has 0 saturated carbocycles. The molecule has 1 aromatic carbocycles. The van der Waals surface area contributed by atoms with Crippen LogP contribution in [0.2, 0.25) is 0 Å². The fraction of sp³-hybridized carbons (Fsp3) is 0.524. The van der Waals surface area contributed by atoms with Gasteiger partial charge < -0.3 is 14.8 Å². The summed E-state index contributed by atoms with van der Waals surface area (Å²) in [6, 6.07) is 7.85. The molecule has 0 unspecified atom stereocenters. The lowest BCUT2D eigenvalue weighted by Gasteiger charge is -2.44. The number of aromatic nitrogens is 1. The first kappa shape index (κ1) is 19.5. The van der Waals surface area contributed by atoms with Gasteiger partial charge in [-0.05, 0) is 38.3 Å². The van der Waals surface area contributed by atoms with Crippen molar-refractivity contribution in [1.29, 1.82) is 0 Å². The third kappa shape index (κ3) is 4.12. The minimum atomic E-state index is -0.151. The van der Waals surface area contributed by atoms with Crippen LogP contribution in [0.3, 0.4) is 0 Å². The fourth-order valence-electron chi connectivity index (χ4n) is 4.26. The Morgan fingerprint density at radius 3 is 3.07 bits per heavy atom. The maximum atomic E-state index is 12.6. The van der Waals surface area contributed by atoms with Gasteiger partial charge in [0.1, 0.15) is 0 Å². The van der Waals surface area contributed by atoms with Crippen LogP contribution in [0, 0.1) is 6.92 Å². The van der Waals surface area contributed by atoms with Gasteiger partial charge in [0, 0.05) is 43.4 Å². The number of carbonyl (C=O) groups is 1. The average Bonchev–Trinajstić information content (AvgIpc) is 3.33. The summed E-state index contributed by atoms with van der Waals surface area (Å²) >= 11 is 1.63. The number of benzene rings is 1. The molecule has 1 spiro atoms. The zero-order valence-electron chi connectivity index (χ0n) is 16.4. The van der Waals surface area contributed by atoms with E-state index in [-0.39, 0.29) is 17.6 Å². The summed E-state index contributed by atoms with van der Waals surface area (Å²) in [5.74, 6) is -0.00949. The third-order valence-electron chi connectivity index (χ3n) is 5.71. The molecule has 2 aliphatic heterocycles. The second kappa shape index (κ2) is 8.29. The molecule has 2 fully saturated rings. The van der Waals surface area contributed by atoms with Crippen molar-refractivity contribution >= 4 is 22.9 Å². The Balaban J connectivity index is 1.36. The number of methoxy groups -OCH3 is 1. The zero-order chi connectivity index (χ0) is 19.6. The van der Waals surface area contributed by atoms with Crippen molar-refractivity contribution < 1.29 is 14.3 Å². The lowest BCUT2D eigenvalue weighted by atomic mass is 9.86. The number of likely N-dealkylation sites (tertiary alicyclic amines) is 1.